The van der Waals surface area contributed by atoms with Gasteiger partial charge in [-0.15, -0.1) is 0 Å². The largest absolute Gasteiger partial charge is 0.458 e. The van der Waals surface area contributed by atoms with E-state index >= 15 is 0 Å². The van der Waals surface area contributed by atoms with E-state index in [2.05, 4.69) is 117 Å². The van der Waals surface area contributed by atoms with Gasteiger partial charge in [0.1, 0.15) is 28.8 Å². The standard InChI is InChI=1S/C70H51BN4O2/c1-70(2,3)50-40-41-72-68(43-50)75-62-39-36-49(54-26-10-11-29-59(54)71-60-30-12-16-34-66(60)77-67-35-17-13-31-61(67)71)42-58(62)57-38-37-53(45-65(57)75)76-52-25-18-24-51(44-52)73-46-74(64-33-15-14-32-63(64)73)69-55(47-20-6-4-7-21-47)27-19-28-56(69)48-22-8-5-9-23-48/h4-45H,1-3H3/i4D,5D,6D,7D,8D,9D,20D,21D,22D,23D. The van der Waals surface area contributed by atoms with Crippen LogP contribution in [-0.2, 0) is 5.41 Å². The number of rotatable bonds is 9. The first-order chi connectivity index (χ1) is 42.0. The number of fused-ring (bicyclic) bond motifs is 6. The molecule has 0 N–H and O–H groups in total. The Balaban J connectivity index is 0.905. The molecule has 0 atom stereocenters. The maximum absolute atomic E-state index is 9.11. The molecule has 0 fully saturated rings. The lowest BCUT2D eigenvalue weighted by Crippen LogP contribution is -2.55. The molecule has 7 heteroatoms. The lowest BCUT2D eigenvalue weighted by atomic mass is 9.35. The minimum atomic E-state index is -0.572. The number of imidazole rings is 1. The summed E-state index contributed by atoms with van der Waals surface area (Å²) in [6, 6.07) is 56.5. The second-order valence-electron chi connectivity index (χ2n) is 20.2. The predicted octanol–water partition coefficient (Wildman–Crippen LogP) is 14.9. The van der Waals surface area contributed by atoms with Gasteiger partial charge in [-0.25, -0.2) is 4.98 Å². The van der Waals surface area contributed by atoms with Crippen LogP contribution in [-0.4, -0.2) is 20.8 Å². The fourth-order valence-corrected chi connectivity index (χ4v) is 10.9. The molecule has 13 aromatic rings. The Morgan fingerprint density at radius 3 is 1.90 bits per heavy atom. The first-order valence-corrected chi connectivity index (χ1v) is 25.5. The van der Waals surface area contributed by atoms with Crippen molar-refractivity contribution in [2.24, 2.45) is 0 Å². The zero-order chi connectivity index (χ0) is 60.3. The van der Waals surface area contributed by atoms with Gasteiger partial charge in [0.25, 0.3) is 13.0 Å². The second-order valence-corrected chi connectivity index (χ2v) is 20.2. The SMILES string of the molecule is [2H]c1c([2H])c([2H])c(-c2cccc(-c3c([2H])c([2H])c([2H])c([2H])c3[2H])c2-[n+]2[c-]n(-c3cccc(Oc4ccc5c6cc(-c7ccccc7B7c8ccccc8Oc8ccccc87)ccc6n(-c6cc(C(C)(C)C)ccn6)c5c4)c3)c3ccccc32)c([2H])c1[2H]. The predicted molar refractivity (Wildman–Crippen MR) is 315 cm³/mol. The van der Waals surface area contributed by atoms with Crippen LogP contribution in [0.4, 0.5) is 0 Å². The Hall–Kier alpha value is -9.72. The van der Waals surface area contributed by atoms with E-state index in [-0.39, 0.29) is 40.1 Å². The van der Waals surface area contributed by atoms with Crippen molar-refractivity contribution in [1.82, 2.24) is 14.1 Å². The number of aromatic nitrogens is 4. The number of hydrogen-bond acceptors (Lipinski definition) is 3. The Morgan fingerprint density at radius 1 is 0.532 bits per heavy atom. The quantitative estimate of drug-likeness (QED) is 0.0822. The van der Waals surface area contributed by atoms with Gasteiger partial charge in [0.15, 0.2) is 0 Å². The summed E-state index contributed by atoms with van der Waals surface area (Å²) in [7, 11) is 0. The highest BCUT2D eigenvalue weighted by molar-refractivity contribution is 6.97. The third-order valence-corrected chi connectivity index (χ3v) is 14.5. The minimum absolute atomic E-state index is 0.0723. The molecule has 0 amide bonds. The molecule has 1 aliphatic rings. The van der Waals surface area contributed by atoms with E-state index in [4.69, 9.17) is 28.2 Å². The van der Waals surface area contributed by atoms with Crippen molar-refractivity contribution in [3.63, 3.8) is 0 Å². The van der Waals surface area contributed by atoms with Crippen LogP contribution >= 0.6 is 0 Å². The zero-order valence-corrected chi connectivity index (χ0v) is 42.2. The van der Waals surface area contributed by atoms with E-state index < -0.39 is 60.4 Å². The molecular weight excluding hydrogens is 940 g/mol. The van der Waals surface area contributed by atoms with Crippen LogP contribution in [0.5, 0.6) is 23.0 Å². The molecule has 14 rings (SSSR count). The van der Waals surface area contributed by atoms with Crippen LogP contribution in [0.1, 0.15) is 40.0 Å². The monoisotopic (exact) mass is 1000 g/mol. The Bertz CT molecular complexity index is 4840. The molecule has 0 aliphatic carbocycles. The van der Waals surface area contributed by atoms with Crippen molar-refractivity contribution < 1.29 is 27.7 Å². The minimum Gasteiger partial charge on any atom is -0.458 e. The van der Waals surface area contributed by atoms with E-state index in [9.17, 15) is 0 Å². The van der Waals surface area contributed by atoms with Gasteiger partial charge in [-0.2, -0.15) is 0 Å². The van der Waals surface area contributed by atoms with Gasteiger partial charge in [0.2, 0.25) is 0 Å². The van der Waals surface area contributed by atoms with E-state index in [0.717, 1.165) is 72.2 Å². The fraction of sp³-hybridized carbons (Fsp3) is 0.0571. The van der Waals surface area contributed by atoms with Crippen LogP contribution in [0, 0.1) is 6.33 Å². The van der Waals surface area contributed by atoms with Crippen molar-refractivity contribution in [3.05, 3.63) is 267 Å². The Morgan fingerprint density at radius 2 is 1.17 bits per heavy atom. The normalized spacial score (nSPS) is 14.0. The maximum atomic E-state index is 9.11. The maximum Gasteiger partial charge on any atom is 0.269 e. The molecular formula is C70H51BN4O2. The Kier molecular flexibility index (Phi) is 8.75. The second kappa shape index (κ2) is 18.6. The number of benzene rings is 10. The highest BCUT2D eigenvalue weighted by Gasteiger charge is 2.34. The van der Waals surface area contributed by atoms with Gasteiger partial charge in [0, 0.05) is 23.0 Å². The molecule has 4 heterocycles. The molecule has 0 bridgehead atoms. The van der Waals surface area contributed by atoms with Crippen molar-refractivity contribution in [3.8, 4) is 73.6 Å². The van der Waals surface area contributed by atoms with Crippen LogP contribution in [0.15, 0.2) is 255 Å². The molecule has 0 saturated carbocycles. The average molecular weight is 1000 g/mol. The third-order valence-electron chi connectivity index (χ3n) is 14.5. The summed E-state index contributed by atoms with van der Waals surface area (Å²) in [5.74, 6) is 3.50. The molecule has 0 unspecified atom stereocenters. The molecule has 0 saturated heterocycles. The van der Waals surface area contributed by atoms with E-state index in [1.54, 1.807) is 27.3 Å². The lowest BCUT2D eigenvalue weighted by Gasteiger charge is -2.28. The Labute approximate surface area is 462 Å². The number of nitrogens with zero attached hydrogens (tertiary/aromatic N) is 4. The number of ether oxygens (including phenoxy) is 2. The van der Waals surface area contributed by atoms with Crippen molar-refractivity contribution in [1.29, 1.82) is 0 Å². The molecule has 10 aromatic carbocycles. The zero-order valence-electron chi connectivity index (χ0n) is 52.2. The van der Waals surface area contributed by atoms with Crippen molar-refractivity contribution in [2.75, 3.05) is 0 Å². The molecule has 0 spiro atoms. The molecule has 6 nitrogen and oxygen atoms in total. The van der Waals surface area contributed by atoms with Gasteiger partial charge < -0.3 is 9.47 Å². The van der Waals surface area contributed by atoms with Crippen LogP contribution in [0.25, 0.3) is 83.4 Å². The summed E-state index contributed by atoms with van der Waals surface area (Å²) in [4.78, 5) is 5.00. The van der Waals surface area contributed by atoms with Gasteiger partial charge in [-0.1, -0.05) is 202 Å². The highest BCUT2D eigenvalue weighted by atomic mass is 16.5. The van der Waals surface area contributed by atoms with Crippen LogP contribution < -0.4 is 30.4 Å². The van der Waals surface area contributed by atoms with Crippen LogP contribution in [0.3, 0.4) is 0 Å². The van der Waals surface area contributed by atoms with E-state index in [0.29, 0.717) is 28.2 Å². The molecule has 1 aliphatic heterocycles. The fourth-order valence-electron chi connectivity index (χ4n) is 10.9. The van der Waals surface area contributed by atoms with Gasteiger partial charge in [0.05, 0.1) is 47.1 Å². The number of para-hydroxylation sites is 5. The summed E-state index contributed by atoms with van der Waals surface area (Å²) in [5.41, 5.74) is 10.4. The third kappa shape index (κ3) is 8.07. The molecule has 0 radical (unpaired) electrons. The number of hydrogen-bond donors (Lipinski definition) is 0. The number of pyridine rings is 1. The van der Waals surface area contributed by atoms with E-state index in [1.807, 2.05) is 91.1 Å². The average Bonchev–Trinajstić information content (AvgIpc) is 1.77. The summed E-state index contributed by atoms with van der Waals surface area (Å²) in [5, 5.41) is 2.03. The summed E-state index contributed by atoms with van der Waals surface area (Å²) >= 11 is 0. The van der Waals surface area contributed by atoms with Crippen molar-refractivity contribution >= 4 is 55.9 Å². The first-order valence-electron chi connectivity index (χ1n) is 30.5. The summed E-state index contributed by atoms with van der Waals surface area (Å²) in [6.07, 6.45) is 5.34. The lowest BCUT2D eigenvalue weighted by molar-refractivity contribution is -0.571. The summed E-state index contributed by atoms with van der Waals surface area (Å²) < 4.78 is 107. The summed E-state index contributed by atoms with van der Waals surface area (Å²) in [6.45, 7) is 6.50. The smallest absolute Gasteiger partial charge is 0.269 e. The van der Waals surface area contributed by atoms with Gasteiger partial charge in [-0.05, 0) is 122 Å². The topological polar surface area (TPSA) is 45.1 Å². The van der Waals surface area contributed by atoms with E-state index in [1.165, 1.54) is 0 Å². The van der Waals surface area contributed by atoms with Crippen molar-refractivity contribution in [2.45, 2.75) is 26.2 Å². The highest BCUT2D eigenvalue weighted by Crippen LogP contribution is 2.39. The van der Waals surface area contributed by atoms with Gasteiger partial charge in [-0.3, -0.25) is 13.7 Å². The molecule has 3 aromatic heterocycles. The first kappa shape index (κ1) is 36.3. The van der Waals surface area contributed by atoms with Crippen LogP contribution in [0.2, 0.25) is 0 Å². The van der Waals surface area contributed by atoms with Gasteiger partial charge >= 0.3 is 0 Å². The molecule has 77 heavy (non-hydrogen) atoms. The molecule has 366 valence electrons.